The van der Waals surface area contributed by atoms with E-state index in [2.05, 4.69) is 5.32 Å². The summed E-state index contributed by atoms with van der Waals surface area (Å²) in [6, 6.07) is 15.1. The van der Waals surface area contributed by atoms with E-state index in [1.54, 1.807) is 42.5 Å². The molecule has 0 heterocycles. The van der Waals surface area contributed by atoms with Crippen LogP contribution in [-0.2, 0) is 33.5 Å². The van der Waals surface area contributed by atoms with E-state index < -0.39 is 17.7 Å². The van der Waals surface area contributed by atoms with Crippen molar-refractivity contribution in [3.05, 3.63) is 82.4 Å². The van der Waals surface area contributed by atoms with E-state index in [1.807, 2.05) is 0 Å². The fraction of sp³-hybridized carbons (Fsp3) is 0.286. The minimum atomic E-state index is -4.53. The Bertz CT molecular complexity index is 1260. The number of ether oxygens (including phenoxy) is 3. The third-order valence-corrected chi connectivity index (χ3v) is 5.92. The third kappa shape index (κ3) is 8.22. The predicted octanol–water partition coefficient (Wildman–Crippen LogP) is 5.88. The average molecular weight is 550 g/mol. The first-order valence-electron chi connectivity index (χ1n) is 11.7. The molecule has 3 aromatic carbocycles. The Kier molecular flexibility index (Phi) is 10.2. The molecule has 10 heteroatoms. The van der Waals surface area contributed by atoms with Crippen LogP contribution in [0.3, 0.4) is 0 Å². The average Bonchev–Trinajstić information content (AvgIpc) is 2.90. The molecule has 0 aliphatic heterocycles. The number of rotatable bonds is 12. The summed E-state index contributed by atoms with van der Waals surface area (Å²) in [4.78, 5) is 24.0. The SMILES string of the molecule is COC(=O)Cc1ccc(OC)c(-c2ccc(C(F)(F)F)cc2CNCCC(=O)COc2ccc(Cl)cc2)c1. The highest BCUT2D eigenvalue weighted by Gasteiger charge is 2.31. The molecule has 0 aliphatic rings. The van der Waals surface area contributed by atoms with Crippen molar-refractivity contribution in [2.45, 2.75) is 25.6 Å². The van der Waals surface area contributed by atoms with E-state index >= 15 is 0 Å². The molecule has 0 radical (unpaired) electrons. The van der Waals surface area contributed by atoms with E-state index in [0.717, 1.165) is 12.1 Å². The molecule has 0 aliphatic carbocycles. The molecule has 3 rings (SSSR count). The summed E-state index contributed by atoms with van der Waals surface area (Å²) in [5, 5.41) is 3.59. The van der Waals surface area contributed by atoms with Crippen molar-refractivity contribution in [2.75, 3.05) is 27.4 Å². The zero-order chi connectivity index (χ0) is 27.7. The number of esters is 1. The van der Waals surface area contributed by atoms with Gasteiger partial charge in [0.1, 0.15) is 18.1 Å². The molecule has 0 fully saturated rings. The minimum Gasteiger partial charge on any atom is -0.496 e. The van der Waals surface area contributed by atoms with Gasteiger partial charge in [-0.25, -0.2) is 0 Å². The maximum Gasteiger partial charge on any atom is 0.416 e. The van der Waals surface area contributed by atoms with Gasteiger partial charge < -0.3 is 19.5 Å². The van der Waals surface area contributed by atoms with Crippen LogP contribution in [-0.4, -0.2) is 39.1 Å². The zero-order valence-corrected chi connectivity index (χ0v) is 21.6. The lowest BCUT2D eigenvalue weighted by Crippen LogP contribution is -2.21. The molecule has 0 saturated heterocycles. The molecule has 0 aromatic heterocycles. The standard InChI is InChI=1S/C28H27ClF3NO5/c1-36-26-10-3-18(14-27(35)37-2)13-25(26)24-9-4-20(28(30,31)32)15-19(24)16-33-12-11-22(34)17-38-23-7-5-21(29)6-8-23/h3-10,13,15,33H,11-12,14,16-17H2,1-2H3. The van der Waals surface area contributed by atoms with Gasteiger partial charge in [0.05, 0.1) is 26.2 Å². The van der Waals surface area contributed by atoms with Gasteiger partial charge in [0.25, 0.3) is 0 Å². The second kappa shape index (κ2) is 13.3. The van der Waals surface area contributed by atoms with Crippen molar-refractivity contribution in [1.29, 1.82) is 0 Å². The number of hydrogen-bond acceptors (Lipinski definition) is 6. The van der Waals surface area contributed by atoms with Crippen molar-refractivity contribution in [3.63, 3.8) is 0 Å². The number of benzene rings is 3. The second-order valence-electron chi connectivity index (χ2n) is 8.37. The van der Waals surface area contributed by atoms with Gasteiger partial charge in [-0.3, -0.25) is 9.59 Å². The molecule has 0 atom stereocenters. The van der Waals surface area contributed by atoms with Gasteiger partial charge in [-0.2, -0.15) is 13.2 Å². The lowest BCUT2D eigenvalue weighted by Gasteiger charge is -2.17. The molecule has 0 bridgehead atoms. The monoisotopic (exact) mass is 549 g/mol. The van der Waals surface area contributed by atoms with Crippen molar-refractivity contribution in [2.24, 2.45) is 0 Å². The fourth-order valence-electron chi connectivity index (χ4n) is 3.71. The number of Topliss-reactive ketones (excluding diaryl/α,β-unsaturated/α-hetero) is 1. The molecule has 6 nitrogen and oxygen atoms in total. The summed E-state index contributed by atoms with van der Waals surface area (Å²) in [7, 11) is 2.74. The first-order chi connectivity index (χ1) is 18.1. The Balaban J connectivity index is 1.74. The zero-order valence-electron chi connectivity index (χ0n) is 20.9. The number of methoxy groups -OCH3 is 2. The Morgan fingerprint density at radius 2 is 1.68 bits per heavy atom. The molecular weight excluding hydrogens is 523 g/mol. The van der Waals surface area contributed by atoms with Crippen LogP contribution in [0.5, 0.6) is 11.5 Å². The Morgan fingerprint density at radius 1 is 0.947 bits per heavy atom. The normalized spacial score (nSPS) is 11.2. The van der Waals surface area contributed by atoms with Gasteiger partial charge in [-0.15, -0.1) is 0 Å². The maximum atomic E-state index is 13.5. The lowest BCUT2D eigenvalue weighted by atomic mass is 9.94. The fourth-order valence-corrected chi connectivity index (χ4v) is 3.84. The third-order valence-electron chi connectivity index (χ3n) is 5.67. The molecule has 0 unspecified atom stereocenters. The molecular formula is C28H27ClF3NO5. The molecule has 38 heavy (non-hydrogen) atoms. The Hall–Kier alpha value is -3.56. The number of ketones is 1. The Morgan fingerprint density at radius 3 is 2.34 bits per heavy atom. The van der Waals surface area contributed by atoms with Crippen LogP contribution in [0.25, 0.3) is 11.1 Å². The van der Waals surface area contributed by atoms with Crippen molar-refractivity contribution in [1.82, 2.24) is 5.32 Å². The van der Waals surface area contributed by atoms with Gasteiger partial charge in [0, 0.05) is 30.1 Å². The summed E-state index contributed by atoms with van der Waals surface area (Å²) >= 11 is 5.83. The largest absolute Gasteiger partial charge is 0.496 e. The van der Waals surface area contributed by atoms with Crippen molar-refractivity contribution < 1.29 is 37.0 Å². The van der Waals surface area contributed by atoms with Gasteiger partial charge >= 0.3 is 12.1 Å². The van der Waals surface area contributed by atoms with Gasteiger partial charge in [-0.1, -0.05) is 23.7 Å². The predicted molar refractivity (Wildman–Crippen MR) is 137 cm³/mol. The number of carbonyl (C=O) groups is 2. The molecule has 0 saturated carbocycles. The highest BCUT2D eigenvalue weighted by atomic mass is 35.5. The lowest BCUT2D eigenvalue weighted by molar-refractivity contribution is -0.140. The van der Waals surface area contributed by atoms with E-state index in [1.165, 1.54) is 20.3 Å². The number of alkyl halides is 3. The van der Waals surface area contributed by atoms with Crippen LogP contribution in [0.4, 0.5) is 13.2 Å². The van der Waals surface area contributed by atoms with Crippen LogP contribution in [0.2, 0.25) is 5.02 Å². The van der Waals surface area contributed by atoms with E-state index in [4.69, 9.17) is 25.8 Å². The van der Waals surface area contributed by atoms with E-state index in [0.29, 0.717) is 38.8 Å². The number of nitrogens with one attached hydrogen (secondary N) is 1. The van der Waals surface area contributed by atoms with Crippen LogP contribution >= 0.6 is 11.6 Å². The van der Waals surface area contributed by atoms with Crippen LogP contribution in [0.1, 0.15) is 23.1 Å². The van der Waals surface area contributed by atoms with Crippen molar-refractivity contribution in [3.8, 4) is 22.6 Å². The summed E-state index contributed by atoms with van der Waals surface area (Å²) < 4.78 is 56.0. The molecule has 0 spiro atoms. The maximum absolute atomic E-state index is 13.5. The highest BCUT2D eigenvalue weighted by molar-refractivity contribution is 6.30. The molecule has 202 valence electrons. The van der Waals surface area contributed by atoms with Gasteiger partial charge in [0.2, 0.25) is 0 Å². The number of carbonyl (C=O) groups excluding carboxylic acids is 2. The summed E-state index contributed by atoms with van der Waals surface area (Å²) in [5.41, 5.74) is 1.23. The molecule has 0 amide bonds. The quantitative estimate of drug-likeness (QED) is 0.225. The summed E-state index contributed by atoms with van der Waals surface area (Å²) in [5.74, 6) is 0.330. The van der Waals surface area contributed by atoms with E-state index in [-0.39, 0.29) is 38.3 Å². The highest BCUT2D eigenvalue weighted by Crippen LogP contribution is 2.37. The number of hydrogen-bond donors (Lipinski definition) is 1. The van der Waals surface area contributed by atoms with E-state index in [9.17, 15) is 22.8 Å². The van der Waals surface area contributed by atoms with Crippen LogP contribution in [0, 0.1) is 0 Å². The Labute approximate surface area is 223 Å². The smallest absolute Gasteiger partial charge is 0.416 e. The first-order valence-corrected chi connectivity index (χ1v) is 12.0. The first kappa shape index (κ1) is 29.0. The summed E-state index contributed by atoms with van der Waals surface area (Å²) in [6.45, 7) is 0.162. The molecule has 3 aromatic rings. The van der Waals surface area contributed by atoms with Crippen molar-refractivity contribution >= 4 is 23.4 Å². The number of halogens is 4. The summed E-state index contributed by atoms with van der Waals surface area (Å²) in [6.07, 6.45) is -4.40. The van der Waals surface area contributed by atoms with Gasteiger partial charge in [-0.05, 0) is 65.2 Å². The van der Waals surface area contributed by atoms with Crippen LogP contribution in [0.15, 0.2) is 60.7 Å². The van der Waals surface area contributed by atoms with Crippen LogP contribution < -0.4 is 14.8 Å². The molecule has 1 N–H and O–H groups in total. The topological polar surface area (TPSA) is 73.9 Å². The second-order valence-corrected chi connectivity index (χ2v) is 8.80. The minimum absolute atomic E-state index is 0.00190. The van der Waals surface area contributed by atoms with Gasteiger partial charge in [0.15, 0.2) is 5.78 Å².